The molecule has 0 aliphatic rings. The van der Waals surface area contributed by atoms with Gasteiger partial charge < -0.3 is 5.11 Å². The minimum absolute atomic E-state index is 0.00647. The van der Waals surface area contributed by atoms with Crippen LogP contribution >= 0.6 is 23.4 Å². The Kier molecular flexibility index (Phi) is 3.89. The third kappa shape index (κ3) is 2.66. The molecule has 1 N–H and O–H groups in total. The summed E-state index contributed by atoms with van der Waals surface area (Å²) in [7, 11) is 0. The third-order valence-electron chi connectivity index (χ3n) is 2.49. The van der Waals surface area contributed by atoms with Crippen LogP contribution in [0, 0.1) is 0 Å². The molecule has 0 atom stereocenters. The van der Waals surface area contributed by atoms with Gasteiger partial charge in [0.2, 0.25) is 0 Å². The molecule has 0 aliphatic heterocycles. The zero-order chi connectivity index (χ0) is 13.1. The van der Waals surface area contributed by atoms with Crippen molar-refractivity contribution >= 4 is 29.3 Å². The monoisotopic (exact) mass is 279 g/mol. The quantitative estimate of drug-likeness (QED) is 0.685. The highest BCUT2D eigenvalue weighted by Crippen LogP contribution is 2.25. The molecule has 0 bridgehead atoms. The Morgan fingerprint density at radius 3 is 2.50 bits per heavy atom. The van der Waals surface area contributed by atoms with Crippen LogP contribution in [-0.2, 0) is 0 Å². The van der Waals surface area contributed by atoms with Crippen molar-refractivity contribution in [2.75, 3.05) is 6.26 Å². The second-order valence-corrected chi connectivity index (χ2v) is 4.83. The number of halogens is 1. The van der Waals surface area contributed by atoms with Crippen molar-refractivity contribution in [1.29, 1.82) is 0 Å². The number of pyridine rings is 1. The van der Waals surface area contributed by atoms with Crippen LogP contribution in [0.15, 0.2) is 41.4 Å². The van der Waals surface area contributed by atoms with E-state index >= 15 is 0 Å². The van der Waals surface area contributed by atoms with Gasteiger partial charge >= 0.3 is 5.97 Å². The molecule has 1 aromatic heterocycles. The van der Waals surface area contributed by atoms with Crippen molar-refractivity contribution < 1.29 is 9.90 Å². The van der Waals surface area contributed by atoms with E-state index in [1.54, 1.807) is 18.0 Å². The molecule has 0 spiro atoms. The highest BCUT2D eigenvalue weighted by molar-refractivity contribution is 7.98. The lowest BCUT2D eigenvalue weighted by molar-refractivity contribution is 0.0696. The average molecular weight is 280 g/mol. The first-order valence-electron chi connectivity index (χ1n) is 5.15. The van der Waals surface area contributed by atoms with Crippen molar-refractivity contribution in [3.05, 3.63) is 47.2 Å². The largest absolute Gasteiger partial charge is 0.478 e. The van der Waals surface area contributed by atoms with Crippen LogP contribution in [0.5, 0.6) is 0 Å². The van der Waals surface area contributed by atoms with Gasteiger partial charge in [-0.25, -0.2) is 9.78 Å². The molecule has 0 amide bonds. The first-order chi connectivity index (χ1) is 8.61. The number of benzene rings is 1. The first kappa shape index (κ1) is 12.9. The van der Waals surface area contributed by atoms with Crippen LogP contribution in [0.1, 0.15) is 10.4 Å². The Bertz CT molecular complexity index is 584. The van der Waals surface area contributed by atoms with Gasteiger partial charge in [0, 0.05) is 16.7 Å². The van der Waals surface area contributed by atoms with Gasteiger partial charge in [-0.1, -0.05) is 23.7 Å². The summed E-state index contributed by atoms with van der Waals surface area (Å²) in [5.41, 5.74) is 1.67. The molecule has 0 fully saturated rings. The minimum Gasteiger partial charge on any atom is -0.478 e. The van der Waals surface area contributed by atoms with Crippen molar-refractivity contribution in [3.8, 4) is 11.1 Å². The van der Waals surface area contributed by atoms with Gasteiger partial charge in [-0.2, -0.15) is 0 Å². The van der Waals surface area contributed by atoms with Crippen LogP contribution < -0.4 is 0 Å². The van der Waals surface area contributed by atoms with Crippen molar-refractivity contribution in [3.63, 3.8) is 0 Å². The first-order valence-corrected chi connectivity index (χ1v) is 6.75. The summed E-state index contributed by atoms with van der Waals surface area (Å²) in [4.78, 5) is 16.0. The molecule has 0 unspecified atom stereocenters. The molecule has 0 aliphatic carbocycles. The maximum Gasteiger partial charge on any atom is 0.338 e. The maximum atomic E-state index is 11.0. The molecule has 5 heteroatoms. The topological polar surface area (TPSA) is 50.2 Å². The van der Waals surface area contributed by atoms with Crippen LogP contribution in [0.25, 0.3) is 11.1 Å². The molecule has 1 aromatic carbocycles. The Morgan fingerprint density at radius 1 is 1.28 bits per heavy atom. The third-order valence-corrected chi connectivity index (χ3v) is 3.54. The van der Waals surface area contributed by atoms with Gasteiger partial charge in [-0.15, -0.1) is 11.8 Å². The molecule has 18 heavy (non-hydrogen) atoms. The van der Waals surface area contributed by atoms with Crippen LogP contribution in [0.4, 0.5) is 0 Å². The Hall–Kier alpha value is -1.52. The fourth-order valence-corrected chi connectivity index (χ4v) is 2.13. The van der Waals surface area contributed by atoms with Crippen LogP contribution in [0.3, 0.4) is 0 Å². The van der Waals surface area contributed by atoms with Gasteiger partial charge in [0.05, 0.1) is 5.56 Å². The molecule has 92 valence electrons. The van der Waals surface area contributed by atoms with Gasteiger partial charge in [0.15, 0.2) is 0 Å². The minimum atomic E-state index is -1.07. The zero-order valence-electron chi connectivity index (χ0n) is 9.55. The van der Waals surface area contributed by atoms with Crippen molar-refractivity contribution in [1.82, 2.24) is 4.98 Å². The number of carboxylic acid groups (broad SMARTS) is 1. The van der Waals surface area contributed by atoms with E-state index in [1.807, 2.05) is 30.5 Å². The number of hydrogen-bond donors (Lipinski definition) is 1. The smallest absolute Gasteiger partial charge is 0.338 e. The second-order valence-electron chi connectivity index (χ2n) is 3.60. The Morgan fingerprint density at radius 2 is 1.94 bits per heavy atom. The number of carbonyl (C=O) groups is 1. The fourth-order valence-electron chi connectivity index (χ4n) is 1.54. The van der Waals surface area contributed by atoms with E-state index in [0.717, 1.165) is 16.0 Å². The van der Waals surface area contributed by atoms with E-state index in [1.165, 1.54) is 6.07 Å². The zero-order valence-corrected chi connectivity index (χ0v) is 11.1. The predicted molar refractivity (Wildman–Crippen MR) is 73.4 cm³/mol. The van der Waals surface area contributed by atoms with E-state index in [9.17, 15) is 4.79 Å². The van der Waals surface area contributed by atoms with Crippen molar-refractivity contribution in [2.24, 2.45) is 0 Å². The number of aromatic nitrogens is 1. The summed E-state index contributed by atoms with van der Waals surface area (Å²) >= 11 is 7.38. The number of hydrogen-bond acceptors (Lipinski definition) is 3. The Balaban J connectivity index is 2.44. The molecular weight excluding hydrogens is 270 g/mol. The normalized spacial score (nSPS) is 10.3. The standard InChI is InChI=1S/C13H10ClNO2S/c1-18-10-4-2-8(3-5-10)9-6-11(13(16)17)12(14)15-7-9/h2-7H,1H3,(H,16,17). The second kappa shape index (κ2) is 5.42. The maximum absolute atomic E-state index is 11.0. The fraction of sp³-hybridized carbons (Fsp3) is 0.0769. The molecule has 2 rings (SSSR count). The lowest BCUT2D eigenvalue weighted by atomic mass is 10.1. The average Bonchev–Trinajstić information content (AvgIpc) is 2.39. The molecule has 3 nitrogen and oxygen atoms in total. The summed E-state index contributed by atoms with van der Waals surface area (Å²) in [5.74, 6) is -1.07. The van der Waals surface area contributed by atoms with Gasteiger partial charge in [-0.3, -0.25) is 0 Å². The number of thioether (sulfide) groups is 1. The summed E-state index contributed by atoms with van der Waals surface area (Å²) < 4.78 is 0. The summed E-state index contributed by atoms with van der Waals surface area (Å²) in [6.07, 6.45) is 3.57. The summed E-state index contributed by atoms with van der Waals surface area (Å²) in [6.45, 7) is 0. The van der Waals surface area contributed by atoms with Gasteiger partial charge in [0.25, 0.3) is 0 Å². The summed E-state index contributed by atoms with van der Waals surface area (Å²) in [5, 5.41) is 9.00. The number of aromatic carboxylic acids is 1. The Labute approximate surface area is 114 Å². The molecule has 0 radical (unpaired) electrons. The summed E-state index contributed by atoms with van der Waals surface area (Å²) in [6, 6.07) is 9.36. The van der Waals surface area contributed by atoms with Gasteiger partial charge in [0.1, 0.15) is 5.15 Å². The highest BCUT2D eigenvalue weighted by Gasteiger charge is 2.11. The molecule has 0 saturated carbocycles. The highest BCUT2D eigenvalue weighted by atomic mass is 35.5. The molecule has 1 heterocycles. The molecular formula is C13H10ClNO2S. The van der Waals surface area contributed by atoms with E-state index in [4.69, 9.17) is 16.7 Å². The van der Waals surface area contributed by atoms with E-state index in [0.29, 0.717) is 0 Å². The lowest BCUT2D eigenvalue weighted by Crippen LogP contribution is -1.99. The number of rotatable bonds is 3. The van der Waals surface area contributed by atoms with E-state index in [-0.39, 0.29) is 10.7 Å². The van der Waals surface area contributed by atoms with E-state index < -0.39 is 5.97 Å². The molecule has 2 aromatic rings. The lowest BCUT2D eigenvalue weighted by Gasteiger charge is -2.05. The van der Waals surface area contributed by atoms with Crippen LogP contribution in [0.2, 0.25) is 5.15 Å². The SMILES string of the molecule is CSc1ccc(-c2cnc(Cl)c(C(=O)O)c2)cc1. The number of nitrogens with zero attached hydrogens (tertiary/aromatic N) is 1. The molecule has 0 saturated heterocycles. The predicted octanol–water partition coefficient (Wildman–Crippen LogP) is 3.82. The van der Waals surface area contributed by atoms with E-state index in [2.05, 4.69) is 4.98 Å². The van der Waals surface area contributed by atoms with Crippen molar-refractivity contribution in [2.45, 2.75) is 4.90 Å². The van der Waals surface area contributed by atoms with Gasteiger partial charge in [-0.05, 0) is 30.0 Å². The van der Waals surface area contributed by atoms with Crippen LogP contribution in [-0.4, -0.2) is 22.3 Å². The number of carboxylic acids is 1.